The predicted octanol–water partition coefficient (Wildman–Crippen LogP) is -1.09. The van der Waals surface area contributed by atoms with Crippen LogP contribution in [0.25, 0.3) is 0 Å². The number of aliphatic hydroxyl groups excluding tert-OH is 2. The molecule has 136 valence electrons. The summed E-state index contributed by atoms with van der Waals surface area (Å²) < 4.78 is 16.7. The quantitative estimate of drug-likeness (QED) is 0.475. The van der Waals surface area contributed by atoms with Crippen molar-refractivity contribution in [1.29, 1.82) is 0 Å². The number of carbonyl (C=O) groups excluding carboxylic acids is 3. The number of carbonyl (C=O) groups is 3. The molecule has 0 amide bonds. The Hall–Kier alpha value is -1.61. The van der Waals surface area contributed by atoms with Gasteiger partial charge in [-0.3, -0.25) is 14.4 Å². The third-order valence-electron chi connectivity index (χ3n) is 6.58. The van der Waals surface area contributed by atoms with E-state index in [-0.39, 0.29) is 6.61 Å². The molecule has 2 bridgehead atoms. The first kappa shape index (κ1) is 16.8. The first-order valence-corrected chi connectivity index (χ1v) is 8.19. The van der Waals surface area contributed by atoms with Gasteiger partial charge in [-0.25, -0.2) is 0 Å². The topological polar surface area (TPSA) is 123 Å². The lowest BCUT2D eigenvalue weighted by Crippen LogP contribution is -2.71. The fraction of sp³-hybridized carbons (Fsp3) is 0.706. The summed E-state index contributed by atoms with van der Waals surface area (Å²) in [6.45, 7) is 4.08. The fourth-order valence-corrected chi connectivity index (χ4v) is 4.99. The molecule has 1 spiro atoms. The minimum Gasteiger partial charge on any atom is -0.465 e. The van der Waals surface area contributed by atoms with Crippen LogP contribution in [0.5, 0.6) is 0 Å². The second-order valence-corrected chi connectivity index (χ2v) is 7.53. The van der Waals surface area contributed by atoms with Crippen LogP contribution in [0.2, 0.25) is 0 Å². The van der Waals surface area contributed by atoms with Crippen molar-refractivity contribution in [3.8, 4) is 0 Å². The maximum Gasteiger partial charge on any atom is 0.302 e. The van der Waals surface area contributed by atoms with E-state index in [2.05, 4.69) is 0 Å². The zero-order chi connectivity index (χ0) is 18.4. The SMILES string of the molecule is CC(=O)OC[C@]12[C@H](O)C(=O)C(C)=C[C@H]1O[C@@H]1C(O)C(=O)[C@@]2(C)[C@]12CO2. The van der Waals surface area contributed by atoms with Gasteiger partial charge in [-0.2, -0.15) is 0 Å². The molecule has 1 saturated carbocycles. The van der Waals surface area contributed by atoms with Gasteiger partial charge in [0.05, 0.1) is 23.5 Å². The van der Waals surface area contributed by atoms with Crippen molar-refractivity contribution in [3.05, 3.63) is 11.6 Å². The van der Waals surface area contributed by atoms with Crippen LogP contribution in [-0.2, 0) is 28.6 Å². The van der Waals surface area contributed by atoms with Gasteiger partial charge >= 0.3 is 5.97 Å². The third-order valence-corrected chi connectivity index (χ3v) is 6.58. The van der Waals surface area contributed by atoms with Crippen molar-refractivity contribution < 1.29 is 38.8 Å². The van der Waals surface area contributed by atoms with Gasteiger partial charge in [0.2, 0.25) is 0 Å². The molecule has 2 N–H and O–H groups in total. The highest BCUT2D eigenvalue weighted by Crippen LogP contribution is 2.69. The number of fused-ring (bicyclic) bond motifs is 2. The van der Waals surface area contributed by atoms with Gasteiger partial charge in [0, 0.05) is 6.92 Å². The number of hydrogen-bond acceptors (Lipinski definition) is 8. The zero-order valence-corrected chi connectivity index (χ0v) is 14.1. The third kappa shape index (κ3) is 1.64. The number of esters is 1. The highest BCUT2D eigenvalue weighted by molar-refractivity contribution is 6.03. The van der Waals surface area contributed by atoms with E-state index < -0.39 is 65.0 Å². The molecule has 2 aliphatic heterocycles. The molecule has 8 heteroatoms. The summed E-state index contributed by atoms with van der Waals surface area (Å²) >= 11 is 0. The molecule has 8 nitrogen and oxygen atoms in total. The highest BCUT2D eigenvalue weighted by Gasteiger charge is 2.87. The van der Waals surface area contributed by atoms with Crippen LogP contribution in [0, 0.1) is 10.8 Å². The number of ketones is 2. The van der Waals surface area contributed by atoms with Crippen molar-refractivity contribution in [2.75, 3.05) is 13.2 Å². The van der Waals surface area contributed by atoms with Gasteiger partial charge < -0.3 is 24.4 Å². The van der Waals surface area contributed by atoms with Gasteiger partial charge in [-0.1, -0.05) is 0 Å². The average molecular weight is 352 g/mol. The van der Waals surface area contributed by atoms with E-state index in [0.29, 0.717) is 5.57 Å². The summed E-state index contributed by atoms with van der Waals surface area (Å²) in [5, 5.41) is 21.3. The number of ether oxygens (including phenoxy) is 3. The Balaban J connectivity index is 1.95. The van der Waals surface area contributed by atoms with E-state index in [1.54, 1.807) is 13.8 Å². The number of hydrogen-bond donors (Lipinski definition) is 2. The largest absolute Gasteiger partial charge is 0.465 e. The van der Waals surface area contributed by atoms with Gasteiger partial charge in [-0.05, 0) is 25.5 Å². The predicted molar refractivity (Wildman–Crippen MR) is 80.3 cm³/mol. The number of aliphatic hydroxyl groups is 2. The molecule has 0 aromatic carbocycles. The summed E-state index contributed by atoms with van der Waals surface area (Å²) in [5.41, 5.74) is -3.82. The van der Waals surface area contributed by atoms with Gasteiger partial charge in [0.25, 0.3) is 0 Å². The Bertz CT molecular complexity index is 722. The number of epoxide rings is 1. The Labute approximate surface area is 143 Å². The van der Waals surface area contributed by atoms with Crippen molar-refractivity contribution >= 4 is 17.5 Å². The van der Waals surface area contributed by atoms with Crippen LogP contribution in [0.4, 0.5) is 0 Å². The molecule has 4 aliphatic rings. The Morgan fingerprint density at radius 2 is 2.04 bits per heavy atom. The van der Waals surface area contributed by atoms with Crippen LogP contribution in [0.15, 0.2) is 11.6 Å². The maximum absolute atomic E-state index is 13.0. The summed E-state index contributed by atoms with van der Waals surface area (Å²) in [6.07, 6.45) is -3.27. The molecule has 0 aromatic heterocycles. The first-order valence-electron chi connectivity index (χ1n) is 8.19. The highest BCUT2D eigenvalue weighted by atomic mass is 16.6. The van der Waals surface area contributed by atoms with E-state index in [1.807, 2.05) is 0 Å². The maximum atomic E-state index is 13.0. The van der Waals surface area contributed by atoms with Crippen LogP contribution in [-0.4, -0.2) is 71.0 Å². The molecule has 0 radical (unpaired) electrons. The lowest BCUT2D eigenvalue weighted by atomic mass is 9.50. The van der Waals surface area contributed by atoms with Crippen molar-refractivity contribution in [2.24, 2.45) is 10.8 Å². The molecule has 4 rings (SSSR count). The average Bonchev–Trinajstić information content (AvgIpc) is 3.34. The summed E-state index contributed by atoms with van der Waals surface area (Å²) in [6, 6.07) is 0. The Morgan fingerprint density at radius 3 is 2.60 bits per heavy atom. The smallest absolute Gasteiger partial charge is 0.302 e. The standard InChI is InChI=1S/C17H20O8/c1-7-4-9-16(5-23-8(2)18,13(22)10(7)19)15(3)12(21)11(20)14(25-9)17(15)6-24-17/h4,9,11,13-14,20,22H,5-6H2,1-3H3/t9-,11?,13-,14-,15-,16-,17+/m1/s1. The Morgan fingerprint density at radius 1 is 1.40 bits per heavy atom. The molecular weight excluding hydrogens is 332 g/mol. The Kier molecular flexibility index (Phi) is 3.21. The molecule has 0 aromatic rings. The summed E-state index contributed by atoms with van der Waals surface area (Å²) in [5.74, 6) is -1.73. The molecule has 2 aliphatic carbocycles. The van der Waals surface area contributed by atoms with Crippen molar-refractivity contribution in [1.82, 2.24) is 0 Å². The second kappa shape index (κ2) is 4.76. The first-order chi connectivity index (χ1) is 11.6. The number of Topliss-reactive ketones (excluding diaryl/α,β-unsaturated/α-hetero) is 2. The fourth-order valence-electron chi connectivity index (χ4n) is 4.99. The number of rotatable bonds is 2. The summed E-state index contributed by atoms with van der Waals surface area (Å²) in [7, 11) is 0. The zero-order valence-electron chi connectivity index (χ0n) is 14.1. The molecule has 1 unspecified atom stereocenters. The molecular formula is C17H20O8. The van der Waals surface area contributed by atoms with Gasteiger partial charge in [0.15, 0.2) is 11.6 Å². The second-order valence-electron chi connectivity index (χ2n) is 7.53. The molecule has 3 fully saturated rings. The van der Waals surface area contributed by atoms with E-state index in [4.69, 9.17) is 14.2 Å². The van der Waals surface area contributed by atoms with E-state index in [9.17, 15) is 24.6 Å². The minimum absolute atomic E-state index is 0.162. The lowest BCUT2D eigenvalue weighted by Gasteiger charge is -2.57. The minimum atomic E-state index is -1.62. The van der Waals surface area contributed by atoms with Crippen LogP contribution in [0.3, 0.4) is 0 Å². The van der Waals surface area contributed by atoms with Crippen molar-refractivity contribution in [2.45, 2.75) is 50.8 Å². The van der Waals surface area contributed by atoms with E-state index >= 15 is 0 Å². The molecule has 25 heavy (non-hydrogen) atoms. The normalized spacial score (nSPS) is 50.5. The molecule has 2 saturated heterocycles. The lowest BCUT2D eigenvalue weighted by molar-refractivity contribution is -0.244. The van der Waals surface area contributed by atoms with Gasteiger partial charge in [0.1, 0.15) is 30.5 Å². The van der Waals surface area contributed by atoms with Gasteiger partial charge in [-0.15, -0.1) is 0 Å². The van der Waals surface area contributed by atoms with Crippen LogP contribution in [0.1, 0.15) is 20.8 Å². The monoisotopic (exact) mass is 352 g/mol. The van der Waals surface area contributed by atoms with E-state index in [0.717, 1.165) is 0 Å². The molecule has 7 atom stereocenters. The van der Waals surface area contributed by atoms with Crippen molar-refractivity contribution in [3.63, 3.8) is 0 Å². The van der Waals surface area contributed by atoms with Crippen LogP contribution < -0.4 is 0 Å². The summed E-state index contributed by atoms with van der Waals surface area (Å²) in [4.78, 5) is 37.0. The van der Waals surface area contributed by atoms with E-state index in [1.165, 1.54) is 13.0 Å². The van der Waals surface area contributed by atoms with Crippen LogP contribution >= 0.6 is 0 Å². The molecule has 2 heterocycles.